The molecule has 2 N–H and O–H groups in total. The van der Waals surface area contributed by atoms with Gasteiger partial charge in [0, 0.05) is 25.1 Å². The molecule has 0 radical (unpaired) electrons. The molecule has 0 saturated carbocycles. The zero-order valence-corrected chi connectivity index (χ0v) is 12.6. The van der Waals surface area contributed by atoms with E-state index in [1.807, 2.05) is 0 Å². The highest BCUT2D eigenvalue weighted by molar-refractivity contribution is 6.31. The molecule has 1 aromatic rings. The predicted octanol–water partition coefficient (Wildman–Crippen LogP) is 2.55. The molecular formula is C14H17ClN2O5. The van der Waals surface area contributed by atoms with Crippen molar-refractivity contribution in [2.45, 2.75) is 32.1 Å². The Morgan fingerprint density at radius 2 is 2.00 bits per heavy atom. The Kier molecular flexibility index (Phi) is 7.31. The summed E-state index contributed by atoms with van der Waals surface area (Å²) in [5.41, 5.74) is 0.406. The van der Waals surface area contributed by atoms with E-state index in [1.54, 1.807) is 0 Å². The van der Waals surface area contributed by atoms with Gasteiger partial charge >= 0.3 is 5.97 Å². The fraction of sp³-hybridized carbons (Fsp3) is 0.429. The highest BCUT2D eigenvalue weighted by atomic mass is 35.5. The Hall–Kier alpha value is -2.15. The number of rotatable bonds is 9. The second-order valence-corrected chi connectivity index (χ2v) is 5.17. The predicted molar refractivity (Wildman–Crippen MR) is 80.9 cm³/mol. The first kappa shape index (κ1) is 17.9. The van der Waals surface area contributed by atoms with Crippen molar-refractivity contribution in [3.8, 4) is 0 Å². The number of nitrogens with one attached hydrogen (secondary N) is 1. The largest absolute Gasteiger partial charge is 0.481 e. The molecule has 0 aliphatic heterocycles. The van der Waals surface area contributed by atoms with Crippen molar-refractivity contribution in [2.24, 2.45) is 0 Å². The molecule has 22 heavy (non-hydrogen) atoms. The van der Waals surface area contributed by atoms with Gasteiger partial charge in [0.2, 0.25) is 5.91 Å². The van der Waals surface area contributed by atoms with Crippen LogP contribution in [0.1, 0.15) is 31.2 Å². The zero-order chi connectivity index (χ0) is 16.5. The lowest BCUT2D eigenvalue weighted by atomic mass is 10.1. The molecule has 0 aliphatic carbocycles. The summed E-state index contributed by atoms with van der Waals surface area (Å²) >= 11 is 5.91. The first-order valence-electron chi connectivity index (χ1n) is 6.81. The number of carboxylic acid groups (broad SMARTS) is 1. The lowest BCUT2D eigenvalue weighted by Gasteiger charge is -2.06. The highest BCUT2D eigenvalue weighted by Gasteiger charge is 2.12. The summed E-state index contributed by atoms with van der Waals surface area (Å²) in [5, 5.41) is 22.0. The van der Waals surface area contributed by atoms with Crippen LogP contribution in [-0.2, 0) is 16.0 Å². The first-order valence-corrected chi connectivity index (χ1v) is 7.19. The third-order valence-electron chi connectivity index (χ3n) is 2.99. The van der Waals surface area contributed by atoms with Gasteiger partial charge in [0.1, 0.15) is 0 Å². The zero-order valence-electron chi connectivity index (χ0n) is 11.9. The van der Waals surface area contributed by atoms with Crippen LogP contribution in [0.4, 0.5) is 5.69 Å². The number of unbranched alkanes of at least 4 members (excludes halogenated alkanes) is 2. The van der Waals surface area contributed by atoms with Gasteiger partial charge in [-0.1, -0.05) is 24.1 Å². The van der Waals surface area contributed by atoms with Crippen molar-refractivity contribution < 1.29 is 19.6 Å². The molecule has 8 heteroatoms. The number of benzene rings is 1. The van der Waals surface area contributed by atoms with E-state index in [0.29, 0.717) is 24.9 Å². The SMILES string of the molecule is O=C(O)CCCCCNC(=O)Cc1ccc([N+](=O)[O-])cc1Cl. The van der Waals surface area contributed by atoms with Crippen LogP contribution in [-0.4, -0.2) is 28.5 Å². The number of nitro benzene ring substituents is 1. The molecule has 0 aliphatic rings. The Morgan fingerprint density at radius 3 is 2.59 bits per heavy atom. The van der Waals surface area contributed by atoms with Gasteiger partial charge in [-0.05, 0) is 18.4 Å². The van der Waals surface area contributed by atoms with Gasteiger partial charge in [-0.3, -0.25) is 19.7 Å². The van der Waals surface area contributed by atoms with Crippen LogP contribution in [0.2, 0.25) is 5.02 Å². The molecule has 0 bridgehead atoms. The van der Waals surface area contributed by atoms with Crippen molar-refractivity contribution in [3.63, 3.8) is 0 Å². The second kappa shape index (κ2) is 8.99. The van der Waals surface area contributed by atoms with E-state index in [0.717, 1.165) is 6.42 Å². The van der Waals surface area contributed by atoms with Gasteiger partial charge in [-0.15, -0.1) is 0 Å². The minimum atomic E-state index is -0.822. The molecule has 0 saturated heterocycles. The van der Waals surface area contributed by atoms with Crippen LogP contribution in [0.5, 0.6) is 0 Å². The van der Waals surface area contributed by atoms with Gasteiger partial charge in [0.25, 0.3) is 5.69 Å². The number of carboxylic acids is 1. The summed E-state index contributed by atoms with van der Waals surface area (Å²) in [7, 11) is 0. The normalized spacial score (nSPS) is 10.2. The maximum atomic E-state index is 11.7. The summed E-state index contributed by atoms with van der Waals surface area (Å²) in [4.78, 5) is 32.1. The third kappa shape index (κ3) is 6.53. The van der Waals surface area contributed by atoms with Crippen LogP contribution in [0, 0.1) is 10.1 Å². The minimum Gasteiger partial charge on any atom is -0.481 e. The van der Waals surface area contributed by atoms with Gasteiger partial charge in [0.05, 0.1) is 16.4 Å². The van der Waals surface area contributed by atoms with Crippen LogP contribution >= 0.6 is 11.6 Å². The number of hydrogen-bond donors (Lipinski definition) is 2. The molecule has 120 valence electrons. The fourth-order valence-electron chi connectivity index (χ4n) is 1.83. The number of carbonyl (C=O) groups is 2. The third-order valence-corrected chi connectivity index (χ3v) is 3.34. The summed E-state index contributed by atoms with van der Waals surface area (Å²) in [5.74, 6) is -1.05. The van der Waals surface area contributed by atoms with Crippen LogP contribution in [0.3, 0.4) is 0 Å². The topological polar surface area (TPSA) is 110 Å². The lowest BCUT2D eigenvalue weighted by Crippen LogP contribution is -2.26. The number of amides is 1. The number of non-ortho nitro benzene ring substituents is 1. The van der Waals surface area contributed by atoms with Crippen LogP contribution in [0.15, 0.2) is 18.2 Å². The monoisotopic (exact) mass is 328 g/mol. The number of hydrogen-bond acceptors (Lipinski definition) is 4. The second-order valence-electron chi connectivity index (χ2n) is 4.76. The Balaban J connectivity index is 2.33. The Labute approximate surface area is 132 Å². The summed E-state index contributed by atoms with van der Waals surface area (Å²) in [6.45, 7) is 0.461. The van der Waals surface area contributed by atoms with Gasteiger partial charge < -0.3 is 10.4 Å². The molecule has 0 atom stereocenters. The minimum absolute atomic E-state index is 0.0476. The summed E-state index contributed by atoms with van der Waals surface area (Å²) in [6, 6.07) is 3.99. The van der Waals surface area contributed by atoms with E-state index < -0.39 is 10.9 Å². The number of nitrogens with zero attached hydrogens (tertiary/aromatic N) is 1. The lowest BCUT2D eigenvalue weighted by molar-refractivity contribution is -0.384. The number of carbonyl (C=O) groups excluding carboxylic acids is 1. The molecule has 1 rings (SSSR count). The molecule has 0 fully saturated rings. The van der Waals surface area contributed by atoms with Gasteiger partial charge in [-0.2, -0.15) is 0 Å². The van der Waals surface area contributed by atoms with E-state index in [-0.39, 0.29) is 29.5 Å². The summed E-state index contributed by atoms with van der Waals surface area (Å²) < 4.78 is 0. The maximum Gasteiger partial charge on any atom is 0.303 e. The fourth-order valence-corrected chi connectivity index (χ4v) is 2.08. The first-order chi connectivity index (χ1) is 10.4. The van der Waals surface area contributed by atoms with E-state index in [1.165, 1.54) is 18.2 Å². The van der Waals surface area contributed by atoms with Crippen molar-refractivity contribution in [1.29, 1.82) is 0 Å². The van der Waals surface area contributed by atoms with E-state index in [2.05, 4.69) is 5.32 Å². The Morgan fingerprint density at radius 1 is 1.27 bits per heavy atom. The van der Waals surface area contributed by atoms with Crippen molar-refractivity contribution in [1.82, 2.24) is 5.32 Å². The number of halogens is 1. The molecule has 7 nitrogen and oxygen atoms in total. The molecule has 0 spiro atoms. The molecule has 0 unspecified atom stereocenters. The van der Waals surface area contributed by atoms with Crippen LogP contribution < -0.4 is 5.32 Å². The molecule has 1 aromatic carbocycles. The van der Waals surface area contributed by atoms with Gasteiger partial charge in [0.15, 0.2) is 0 Å². The molecule has 0 heterocycles. The Bertz CT molecular complexity index is 562. The van der Waals surface area contributed by atoms with Crippen molar-refractivity contribution in [3.05, 3.63) is 38.9 Å². The molecular weight excluding hydrogens is 312 g/mol. The van der Waals surface area contributed by atoms with E-state index in [9.17, 15) is 19.7 Å². The van der Waals surface area contributed by atoms with Gasteiger partial charge in [-0.25, -0.2) is 0 Å². The molecule has 1 amide bonds. The average Bonchev–Trinajstić information content (AvgIpc) is 2.44. The number of aliphatic carboxylic acids is 1. The standard InChI is InChI=1S/C14H17ClN2O5/c15-12-9-11(17(21)22)6-5-10(12)8-13(18)16-7-3-1-2-4-14(19)20/h5-6,9H,1-4,7-8H2,(H,16,18)(H,19,20). The van der Waals surface area contributed by atoms with E-state index >= 15 is 0 Å². The van der Waals surface area contributed by atoms with Crippen LogP contribution in [0.25, 0.3) is 0 Å². The average molecular weight is 329 g/mol. The summed E-state index contributed by atoms with van der Waals surface area (Å²) in [6.07, 6.45) is 2.19. The number of nitro groups is 1. The van der Waals surface area contributed by atoms with Crippen molar-refractivity contribution in [2.75, 3.05) is 6.54 Å². The van der Waals surface area contributed by atoms with E-state index in [4.69, 9.17) is 16.7 Å². The highest BCUT2D eigenvalue weighted by Crippen LogP contribution is 2.22. The van der Waals surface area contributed by atoms with Crippen molar-refractivity contribution >= 4 is 29.2 Å². The maximum absolute atomic E-state index is 11.7. The smallest absolute Gasteiger partial charge is 0.303 e. The molecule has 0 aromatic heterocycles. The quantitative estimate of drug-likeness (QED) is 0.411.